The van der Waals surface area contributed by atoms with Gasteiger partial charge in [0.05, 0.1) is 11.5 Å². The van der Waals surface area contributed by atoms with Crippen LogP contribution in [0.1, 0.15) is 18.4 Å². The van der Waals surface area contributed by atoms with Crippen molar-refractivity contribution >= 4 is 21.4 Å². The molecule has 0 fully saturated rings. The zero-order chi connectivity index (χ0) is 15.0. The fourth-order valence-corrected chi connectivity index (χ4v) is 3.02. The number of pyridine rings is 1. The van der Waals surface area contributed by atoms with Crippen LogP contribution in [0.25, 0.3) is 11.1 Å². The molecule has 6 heteroatoms. The van der Waals surface area contributed by atoms with Crippen LogP contribution in [0.4, 0.5) is 0 Å². The summed E-state index contributed by atoms with van der Waals surface area (Å²) in [5.41, 5.74) is 0.410. The van der Waals surface area contributed by atoms with Gasteiger partial charge in [0.25, 0.3) is 0 Å². The number of terminal acetylenes is 1. The quantitative estimate of drug-likeness (QED) is 0.256. The second kappa shape index (κ2) is 7.25. The Kier molecular flexibility index (Phi) is 5.68. The molecular formula is C14H13N3O2S. The van der Waals surface area contributed by atoms with E-state index in [0.717, 1.165) is 0 Å². The topological polar surface area (TPSA) is 84.1 Å². The van der Waals surface area contributed by atoms with Crippen LogP contribution in [0.5, 0.6) is 0 Å². The van der Waals surface area contributed by atoms with Crippen LogP contribution in [0.15, 0.2) is 24.5 Å². The Balaban J connectivity index is 2.90. The Hall–Kier alpha value is -2.40. The largest absolute Gasteiger partial charge is 0.757 e. The third kappa shape index (κ3) is 4.70. The van der Waals surface area contributed by atoms with Crippen molar-refractivity contribution in [3.63, 3.8) is 0 Å². The number of sulfone groups is 1. The number of nitriles is 1. The molecule has 0 aliphatic rings. The highest BCUT2D eigenvalue weighted by Crippen LogP contribution is 2.07. The van der Waals surface area contributed by atoms with Gasteiger partial charge in [0.2, 0.25) is 0 Å². The number of rotatable bonds is 6. The van der Waals surface area contributed by atoms with Gasteiger partial charge >= 0.3 is 5.70 Å². The van der Waals surface area contributed by atoms with E-state index in [-0.39, 0.29) is 17.2 Å². The molecule has 20 heavy (non-hydrogen) atoms. The Morgan fingerprint density at radius 3 is 2.85 bits per heavy atom. The number of unbranched alkanes of at least 4 members (excludes halogenated alkanes) is 1. The standard InChI is InChI=1S/C14H13N3O2S/c1-2-3-4-8-20(18,19)12-13-6-5-7-17(11-13)14(9-15)10-16/h1,5-7,11H,3-4,8,12H2. The molecule has 0 N–H and O–H groups in total. The highest BCUT2D eigenvalue weighted by Gasteiger charge is 2.15. The van der Waals surface area contributed by atoms with Gasteiger partial charge in [0, 0.05) is 18.1 Å². The monoisotopic (exact) mass is 287 g/mol. The maximum Gasteiger partial charge on any atom is 0.309 e. The van der Waals surface area contributed by atoms with Crippen LogP contribution < -0.4 is 4.57 Å². The number of hydrogen-bond donors (Lipinski definition) is 0. The van der Waals surface area contributed by atoms with E-state index in [1.54, 1.807) is 24.1 Å². The molecule has 1 rings (SSSR count). The zero-order valence-electron chi connectivity index (χ0n) is 10.8. The molecule has 0 saturated carbocycles. The van der Waals surface area contributed by atoms with Crippen molar-refractivity contribution in [2.45, 2.75) is 18.6 Å². The summed E-state index contributed by atoms with van der Waals surface area (Å²) in [6.07, 6.45) is 8.93. The molecule has 0 aliphatic heterocycles. The summed E-state index contributed by atoms with van der Waals surface area (Å²) in [6.45, 7) is 0. The molecule has 1 heterocycles. The van der Waals surface area contributed by atoms with E-state index in [1.807, 2.05) is 0 Å². The SMILES string of the molecule is C#CCCCS(=O)(=O)Cc1ccc[n+](C(=C=[N-])C#N)c1. The van der Waals surface area contributed by atoms with E-state index in [9.17, 15) is 8.42 Å². The van der Waals surface area contributed by atoms with Crippen LogP contribution in [-0.4, -0.2) is 20.0 Å². The third-order valence-corrected chi connectivity index (χ3v) is 4.18. The maximum absolute atomic E-state index is 11.9. The summed E-state index contributed by atoms with van der Waals surface area (Å²) < 4.78 is 25.1. The second-order valence-electron chi connectivity index (χ2n) is 4.09. The molecule has 0 aromatic carbocycles. The first-order valence-corrected chi connectivity index (χ1v) is 7.66. The highest BCUT2D eigenvalue weighted by atomic mass is 32.2. The molecule has 0 aliphatic carbocycles. The lowest BCUT2D eigenvalue weighted by molar-refractivity contribution is -0.576. The summed E-state index contributed by atoms with van der Waals surface area (Å²) >= 11 is 0. The average Bonchev–Trinajstić information content (AvgIpc) is 2.40. The summed E-state index contributed by atoms with van der Waals surface area (Å²) in [4.78, 5) is 0. The van der Waals surface area contributed by atoms with Gasteiger partial charge in [-0.25, -0.2) is 8.42 Å². The Morgan fingerprint density at radius 1 is 1.50 bits per heavy atom. The smallest absolute Gasteiger partial charge is 0.309 e. The van der Waals surface area contributed by atoms with Crippen LogP contribution in [0.2, 0.25) is 0 Å². The van der Waals surface area contributed by atoms with Gasteiger partial charge in [-0.15, -0.1) is 12.3 Å². The van der Waals surface area contributed by atoms with E-state index >= 15 is 0 Å². The van der Waals surface area contributed by atoms with Crippen molar-refractivity contribution in [2.75, 3.05) is 5.75 Å². The van der Waals surface area contributed by atoms with Crippen molar-refractivity contribution in [2.24, 2.45) is 0 Å². The predicted molar refractivity (Wildman–Crippen MR) is 75.9 cm³/mol. The van der Waals surface area contributed by atoms with E-state index in [1.165, 1.54) is 17.0 Å². The molecule has 0 saturated heterocycles. The Bertz CT molecular complexity index is 718. The molecule has 0 atom stereocenters. The van der Waals surface area contributed by atoms with Crippen molar-refractivity contribution in [1.82, 2.24) is 0 Å². The lowest BCUT2D eigenvalue weighted by Crippen LogP contribution is -2.32. The summed E-state index contributed by atoms with van der Waals surface area (Å²) in [5.74, 6) is 4.04. The van der Waals surface area contributed by atoms with Gasteiger partial charge < -0.3 is 5.41 Å². The number of aromatic nitrogens is 1. The average molecular weight is 287 g/mol. The normalized spacial score (nSPS) is 10.1. The molecule has 0 radical (unpaired) electrons. The van der Waals surface area contributed by atoms with Gasteiger partial charge in [0.1, 0.15) is 0 Å². The first kappa shape index (κ1) is 15.7. The number of nitrogens with zero attached hydrogens (tertiary/aromatic N) is 3. The molecule has 1 aromatic rings. The molecular weight excluding hydrogens is 274 g/mol. The summed E-state index contributed by atoms with van der Waals surface area (Å²) in [7, 11) is -3.25. The van der Waals surface area contributed by atoms with Gasteiger partial charge in [-0.3, -0.25) is 0 Å². The van der Waals surface area contributed by atoms with Gasteiger partial charge in [-0.1, -0.05) is 0 Å². The van der Waals surface area contributed by atoms with Crippen LogP contribution in [0, 0.1) is 23.7 Å². The van der Waals surface area contributed by atoms with Crippen molar-refractivity contribution < 1.29 is 13.0 Å². The molecule has 0 unspecified atom stereocenters. The molecule has 0 bridgehead atoms. The fraction of sp³-hybridized carbons (Fsp3) is 0.286. The molecule has 1 aromatic heterocycles. The van der Waals surface area contributed by atoms with Crippen LogP contribution in [-0.2, 0) is 15.6 Å². The molecule has 0 spiro atoms. The van der Waals surface area contributed by atoms with Crippen molar-refractivity contribution in [1.29, 1.82) is 5.26 Å². The lowest BCUT2D eigenvalue weighted by Gasteiger charge is -2.02. The minimum absolute atomic E-state index is 0.0270. The third-order valence-electron chi connectivity index (χ3n) is 2.49. The van der Waals surface area contributed by atoms with Gasteiger partial charge in [-0.2, -0.15) is 15.7 Å². The Morgan fingerprint density at radius 2 is 2.25 bits per heavy atom. The summed E-state index contributed by atoms with van der Waals surface area (Å²) in [6, 6.07) is 4.99. The Labute approximate surface area is 118 Å². The van der Waals surface area contributed by atoms with Gasteiger partial charge in [-0.05, 0) is 12.5 Å². The second-order valence-corrected chi connectivity index (χ2v) is 6.28. The predicted octanol–water partition coefficient (Wildman–Crippen LogP) is 0.906. The number of allylic oxidation sites excluding steroid dienone is 1. The molecule has 5 nitrogen and oxygen atoms in total. The highest BCUT2D eigenvalue weighted by molar-refractivity contribution is 7.90. The van der Waals surface area contributed by atoms with E-state index in [0.29, 0.717) is 18.4 Å². The first-order valence-electron chi connectivity index (χ1n) is 5.84. The van der Waals surface area contributed by atoms with Crippen LogP contribution in [0.3, 0.4) is 0 Å². The number of hydrogen-bond acceptors (Lipinski definition) is 3. The zero-order valence-corrected chi connectivity index (χ0v) is 11.6. The van der Waals surface area contributed by atoms with Gasteiger partial charge in [0.15, 0.2) is 28.3 Å². The van der Waals surface area contributed by atoms with Crippen molar-refractivity contribution in [3.05, 3.63) is 35.5 Å². The fourth-order valence-electron chi connectivity index (χ4n) is 1.61. The first-order chi connectivity index (χ1) is 9.52. The molecule has 0 amide bonds. The van der Waals surface area contributed by atoms with E-state index < -0.39 is 9.84 Å². The van der Waals surface area contributed by atoms with Crippen LogP contribution >= 0.6 is 0 Å². The van der Waals surface area contributed by atoms with E-state index in [2.05, 4.69) is 5.92 Å². The van der Waals surface area contributed by atoms with Crippen molar-refractivity contribution in [3.8, 4) is 18.4 Å². The lowest BCUT2D eigenvalue weighted by atomic mass is 10.3. The summed E-state index contributed by atoms with van der Waals surface area (Å²) in [5, 5.41) is 17.6. The molecule has 102 valence electrons. The maximum atomic E-state index is 11.9. The minimum Gasteiger partial charge on any atom is -0.757 e. The minimum atomic E-state index is -3.25. The van der Waals surface area contributed by atoms with E-state index in [4.69, 9.17) is 17.1 Å².